The van der Waals surface area contributed by atoms with Crippen LogP contribution in [0.15, 0.2) is 46.1 Å². The highest BCUT2D eigenvalue weighted by Gasteiger charge is 2.33. The van der Waals surface area contributed by atoms with Gasteiger partial charge < -0.3 is 15.4 Å². The molecule has 2 aromatic heterocycles. The number of aromatic nitrogens is 1. The molecule has 1 amide bonds. The van der Waals surface area contributed by atoms with Crippen LogP contribution in [0.2, 0.25) is 0 Å². The van der Waals surface area contributed by atoms with Gasteiger partial charge in [-0.2, -0.15) is 0 Å². The second-order valence-corrected chi connectivity index (χ2v) is 13.7. The quantitative estimate of drug-likeness (QED) is 0.335. The van der Waals surface area contributed by atoms with Gasteiger partial charge in [0, 0.05) is 56.7 Å². The van der Waals surface area contributed by atoms with Gasteiger partial charge in [-0.05, 0) is 36.4 Å². The lowest BCUT2D eigenvalue weighted by Gasteiger charge is -2.26. The van der Waals surface area contributed by atoms with E-state index in [4.69, 9.17) is 9.72 Å². The summed E-state index contributed by atoms with van der Waals surface area (Å²) in [7, 11) is -3.73. The van der Waals surface area contributed by atoms with Gasteiger partial charge >= 0.3 is 0 Å². The van der Waals surface area contributed by atoms with Crippen molar-refractivity contribution in [2.45, 2.75) is 49.5 Å². The number of thiophene rings is 1. The average molecular weight is 576 g/mol. The standard InChI is InChI=1S/C26H33N5O4S3/c1-3-35-12-11-31(38(33,34)24-8-5-13-36-24)23-7-4-6-19-14-22(29-25(19)23)26-27-15-21(37-26)17-30-10-9-20(16-30)28-18(2)32/h4-8,13,15,20,22,29H,3,9-12,14,16-17H2,1-2H3,(H,28,32). The lowest BCUT2D eigenvalue weighted by Crippen LogP contribution is -2.35. The summed E-state index contributed by atoms with van der Waals surface area (Å²) >= 11 is 2.90. The van der Waals surface area contributed by atoms with Crippen LogP contribution in [0.3, 0.4) is 0 Å². The topological polar surface area (TPSA) is 104 Å². The van der Waals surface area contributed by atoms with Crippen molar-refractivity contribution >= 4 is 50.0 Å². The molecule has 2 aliphatic rings. The van der Waals surface area contributed by atoms with E-state index >= 15 is 0 Å². The molecule has 9 nitrogen and oxygen atoms in total. The lowest BCUT2D eigenvalue weighted by molar-refractivity contribution is -0.119. The molecule has 0 radical (unpaired) electrons. The molecule has 12 heteroatoms. The van der Waals surface area contributed by atoms with Crippen LogP contribution >= 0.6 is 22.7 Å². The molecule has 0 aliphatic carbocycles. The molecular weight excluding hydrogens is 543 g/mol. The predicted octanol–water partition coefficient (Wildman–Crippen LogP) is 3.86. The molecule has 2 unspecified atom stereocenters. The van der Waals surface area contributed by atoms with Gasteiger partial charge in [-0.15, -0.1) is 22.7 Å². The zero-order chi connectivity index (χ0) is 26.7. The molecule has 2 aliphatic heterocycles. The number of hydrogen-bond donors (Lipinski definition) is 2. The Morgan fingerprint density at radius 1 is 1.32 bits per heavy atom. The fourth-order valence-electron chi connectivity index (χ4n) is 5.06. The van der Waals surface area contributed by atoms with Crippen molar-refractivity contribution in [3.63, 3.8) is 0 Å². The second kappa shape index (κ2) is 11.7. The molecule has 1 fully saturated rings. The normalized spacial score (nSPS) is 19.3. The first-order valence-electron chi connectivity index (χ1n) is 12.8. The fourth-order valence-corrected chi connectivity index (χ4v) is 8.64. The Kier molecular flexibility index (Phi) is 8.34. The summed E-state index contributed by atoms with van der Waals surface area (Å²) in [6, 6.07) is 9.41. The van der Waals surface area contributed by atoms with Gasteiger partial charge in [-0.3, -0.25) is 14.0 Å². The number of rotatable bonds is 11. The minimum absolute atomic E-state index is 0.0165. The first-order chi connectivity index (χ1) is 18.3. The molecule has 0 spiro atoms. The highest BCUT2D eigenvalue weighted by atomic mass is 32.2. The van der Waals surface area contributed by atoms with Crippen LogP contribution in [-0.4, -0.2) is 63.1 Å². The molecule has 2 N–H and O–H groups in total. The van der Waals surface area contributed by atoms with Crippen LogP contribution in [0.4, 0.5) is 11.4 Å². The highest BCUT2D eigenvalue weighted by molar-refractivity contribution is 7.94. The summed E-state index contributed by atoms with van der Waals surface area (Å²) in [5, 5.41) is 9.36. The number of nitrogens with one attached hydrogen (secondary N) is 2. The first kappa shape index (κ1) is 27.1. The van der Waals surface area contributed by atoms with E-state index in [-0.39, 0.29) is 24.5 Å². The number of benzene rings is 1. The number of ether oxygens (including phenoxy) is 1. The zero-order valence-corrected chi connectivity index (χ0v) is 24.0. The summed E-state index contributed by atoms with van der Waals surface area (Å²) in [6.07, 6.45) is 3.64. The van der Waals surface area contributed by atoms with Gasteiger partial charge in [0.05, 0.1) is 30.6 Å². The van der Waals surface area contributed by atoms with Gasteiger partial charge in [0.25, 0.3) is 10.0 Å². The number of likely N-dealkylation sites (tertiary alicyclic amines) is 1. The summed E-state index contributed by atoms with van der Waals surface area (Å²) in [5.41, 5.74) is 2.55. The molecule has 204 valence electrons. The molecule has 4 heterocycles. The number of sulfonamides is 1. The maximum atomic E-state index is 13.6. The monoisotopic (exact) mass is 575 g/mol. The zero-order valence-electron chi connectivity index (χ0n) is 21.6. The van der Waals surface area contributed by atoms with Gasteiger partial charge in [0.1, 0.15) is 9.22 Å². The van der Waals surface area contributed by atoms with Crippen molar-refractivity contribution in [2.24, 2.45) is 0 Å². The van der Waals surface area contributed by atoms with E-state index in [9.17, 15) is 13.2 Å². The minimum atomic E-state index is -3.73. The first-order valence-corrected chi connectivity index (χ1v) is 15.9. The van der Waals surface area contributed by atoms with Crippen molar-refractivity contribution in [1.82, 2.24) is 15.2 Å². The van der Waals surface area contributed by atoms with Crippen LogP contribution in [0.1, 0.15) is 41.8 Å². The van der Waals surface area contributed by atoms with E-state index in [0.717, 1.165) is 48.7 Å². The number of carbonyl (C=O) groups excluding carboxylic acids is 1. The van der Waals surface area contributed by atoms with Gasteiger partial charge in [0.2, 0.25) is 5.91 Å². The summed E-state index contributed by atoms with van der Waals surface area (Å²) in [6.45, 7) is 7.13. The number of fused-ring (bicyclic) bond motifs is 1. The molecule has 1 aromatic carbocycles. The van der Waals surface area contributed by atoms with Crippen LogP contribution in [0, 0.1) is 0 Å². The highest BCUT2D eigenvalue weighted by Crippen LogP contribution is 2.43. The van der Waals surface area contributed by atoms with Crippen LogP contribution in [0.5, 0.6) is 0 Å². The maximum Gasteiger partial charge on any atom is 0.273 e. The number of para-hydroxylation sites is 1. The molecule has 0 saturated carbocycles. The molecular formula is C26H33N5O4S3. The third-order valence-electron chi connectivity index (χ3n) is 6.75. The smallest absolute Gasteiger partial charge is 0.273 e. The molecule has 5 rings (SSSR count). The van der Waals surface area contributed by atoms with Crippen molar-refractivity contribution in [3.8, 4) is 0 Å². The van der Waals surface area contributed by atoms with E-state index in [1.807, 2.05) is 31.3 Å². The molecule has 3 aromatic rings. The Morgan fingerprint density at radius 2 is 2.18 bits per heavy atom. The number of thiazole rings is 1. The molecule has 2 atom stereocenters. The summed E-state index contributed by atoms with van der Waals surface area (Å²) in [4.78, 5) is 19.6. The minimum Gasteiger partial charge on any atom is -0.380 e. The number of anilines is 2. The van der Waals surface area contributed by atoms with Crippen molar-refractivity contribution < 1.29 is 17.9 Å². The lowest BCUT2D eigenvalue weighted by atomic mass is 10.1. The van der Waals surface area contributed by atoms with Crippen molar-refractivity contribution in [2.75, 3.05) is 42.5 Å². The third-order valence-corrected chi connectivity index (χ3v) is 11.0. The maximum absolute atomic E-state index is 13.6. The van der Waals surface area contributed by atoms with Gasteiger partial charge in [-0.1, -0.05) is 18.2 Å². The van der Waals surface area contributed by atoms with Crippen molar-refractivity contribution in [1.29, 1.82) is 0 Å². The summed E-state index contributed by atoms with van der Waals surface area (Å²) < 4.78 is 34.5. The Hall–Kier alpha value is -2.51. The SMILES string of the molecule is CCOCCN(c1cccc2c1NC(c1ncc(CN3CCC(NC(C)=O)C3)s1)C2)S(=O)(=O)c1cccs1. The Morgan fingerprint density at radius 3 is 2.95 bits per heavy atom. The largest absolute Gasteiger partial charge is 0.380 e. The van der Waals surface area contributed by atoms with Crippen molar-refractivity contribution in [3.05, 3.63) is 57.4 Å². The van der Waals surface area contributed by atoms with Crippen LogP contribution < -0.4 is 14.9 Å². The average Bonchev–Trinajstić information content (AvgIpc) is 3.68. The van der Waals surface area contributed by atoms with E-state index in [1.165, 1.54) is 20.5 Å². The summed E-state index contributed by atoms with van der Waals surface area (Å²) in [5.74, 6) is 0.0165. The third kappa shape index (κ3) is 5.89. The van der Waals surface area contributed by atoms with E-state index in [1.54, 1.807) is 35.8 Å². The molecule has 0 bridgehead atoms. The van der Waals surface area contributed by atoms with Crippen LogP contribution in [-0.2, 0) is 32.5 Å². The van der Waals surface area contributed by atoms with E-state index < -0.39 is 10.0 Å². The molecule has 1 saturated heterocycles. The van der Waals surface area contributed by atoms with Crippen LogP contribution in [0.25, 0.3) is 0 Å². The number of carbonyl (C=O) groups is 1. The number of hydrogen-bond acceptors (Lipinski definition) is 9. The van der Waals surface area contributed by atoms with E-state index in [0.29, 0.717) is 23.1 Å². The van der Waals surface area contributed by atoms with E-state index in [2.05, 4.69) is 15.5 Å². The Bertz CT molecular complexity index is 1360. The molecule has 38 heavy (non-hydrogen) atoms. The second-order valence-electron chi connectivity index (χ2n) is 9.50. The van der Waals surface area contributed by atoms with Gasteiger partial charge in [0.15, 0.2) is 0 Å². The fraction of sp³-hybridized carbons (Fsp3) is 0.462. The van der Waals surface area contributed by atoms with Gasteiger partial charge in [-0.25, -0.2) is 13.4 Å². The Balaban J connectivity index is 1.32. The predicted molar refractivity (Wildman–Crippen MR) is 151 cm³/mol. The number of amides is 1. The number of nitrogens with zero attached hydrogens (tertiary/aromatic N) is 3. The Labute approximate surface area is 231 Å².